The monoisotopic (exact) mass is 536 g/mol. The van der Waals surface area contributed by atoms with Gasteiger partial charge in [-0.1, -0.05) is 34.8 Å². The molecule has 1 heterocycles. The average molecular weight is 538 g/mol. The lowest BCUT2D eigenvalue weighted by atomic mass is 9.91. The summed E-state index contributed by atoms with van der Waals surface area (Å²) in [6.45, 7) is 0.650. The highest BCUT2D eigenvalue weighted by Gasteiger charge is 2.41. The number of amides is 3. The van der Waals surface area contributed by atoms with Crippen LogP contribution in [0.1, 0.15) is 52.8 Å². The molecule has 0 aromatic heterocycles. The van der Waals surface area contributed by atoms with Crippen molar-refractivity contribution in [2.75, 3.05) is 13.1 Å². The number of benzene rings is 2. The van der Waals surface area contributed by atoms with E-state index >= 15 is 0 Å². The van der Waals surface area contributed by atoms with Gasteiger partial charge >= 0.3 is 0 Å². The van der Waals surface area contributed by atoms with Crippen LogP contribution in [-0.2, 0) is 4.79 Å². The van der Waals surface area contributed by atoms with Crippen molar-refractivity contribution in [3.63, 3.8) is 0 Å². The van der Waals surface area contributed by atoms with Crippen molar-refractivity contribution < 1.29 is 14.4 Å². The van der Waals surface area contributed by atoms with E-state index in [1.807, 2.05) is 0 Å². The van der Waals surface area contributed by atoms with Gasteiger partial charge in [-0.25, -0.2) is 0 Å². The number of nitrogens with zero attached hydrogens (tertiary/aromatic N) is 2. The fourth-order valence-corrected chi connectivity index (χ4v) is 5.05. The fraction of sp³-hybridized carbons (Fsp3) is 0.400. The SMILES string of the molecule is NC1CCC(NC(=O)C2N(C(=O)c3ccc(Cl)cc3)CCCN2C(=O)c2ccc(Cl)c(Cl)c2)CC1. The summed E-state index contributed by atoms with van der Waals surface area (Å²) in [7, 11) is 0. The molecule has 2 aromatic carbocycles. The first-order valence-corrected chi connectivity index (χ1v) is 12.8. The molecule has 1 saturated carbocycles. The van der Waals surface area contributed by atoms with Gasteiger partial charge in [0.15, 0.2) is 6.17 Å². The van der Waals surface area contributed by atoms with Gasteiger partial charge in [0.05, 0.1) is 10.0 Å². The summed E-state index contributed by atoms with van der Waals surface area (Å²) in [5.74, 6) is -1.14. The quantitative estimate of drug-likeness (QED) is 0.606. The van der Waals surface area contributed by atoms with Crippen LogP contribution in [0, 0.1) is 0 Å². The smallest absolute Gasteiger partial charge is 0.264 e. The Morgan fingerprint density at radius 1 is 0.800 bits per heavy atom. The van der Waals surface area contributed by atoms with Gasteiger partial charge < -0.3 is 20.9 Å². The lowest BCUT2D eigenvalue weighted by Gasteiger charge is -2.43. The number of halogens is 3. The predicted octanol–water partition coefficient (Wildman–Crippen LogP) is 4.35. The highest BCUT2D eigenvalue weighted by Crippen LogP contribution is 2.27. The van der Waals surface area contributed by atoms with E-state index in [0.29, 0.717) is 40.7 Å². The molecule has 10 heteroatoms. The zero-order valence-corrected chi connectivity index (χ0v) is 21.3. The first-order chi connectivity index (χ1) is 16.7. The molecule has 1 unspecified atom stereocenters. The second-order valence-electron chi connectivity index (χ2n) is 8.98. The number of hydrogen-bond acceptors (Lipinski definition) is 4. The van der Waals surface area contributed by atoms with Crippen LogP contribution in [0.3, 0.4) is 0 Å². The van der Waals surface area contributed by atoms with Crippen molar-refractivity contribution in [3.8, 4) is 0 Å². The first-order valence-electron chi connectivity index (χ1n) is 11.6. The standard InChI is InChI=1S/C25H27Cl3N4O3/c26-17-5-2-15(3-6-17)24(34)31-12-1-13-32(25(35)16-4-11-20(27)21(28)14-16)23(31)22(33)30-19-9-7-18(29)8-10-19/h2-6,11,14,18-19,23H,1,7-10,12-13,29H2,(H,30,33). The molecule has 0 spiro atoms. The summed E-state index contributed by atoms with van der Waals surface area (Å²) in [6.07, 6.45) is 2.56. The number of rotatable bonds is 4. The molecule has 3 amide bonds. The van der Waals surface area contributed by atoms with Gasteiger partial charge in [-0.3, -0.25) is 14.4 Å². The third-order valence-corrected chi connectivity index (χ3v) is 7.51. The number of hydrogen-bond donors (Lipinski definition) is 2. The maximum absolute atomic E-state index is 13.6. The molecule has 0 bridgehead atoms. The second-order valence-corrected chi connectivity index (χ2v) is 10.2. The van der Waals surface area contributed by atoms with Crippen LogP contribution >= 0.6 is 34.8 Å². The summed E-state index contributed by atoms with van der Waals surface area (Å²) in [4.78, 5) is 43.5. The minimum Gasteiger partial charge on any atom is -0.350 e. The highest BCUT2D eigenvalue weighted by atomic mass is 35.5. The normalized spacial score (nSPS) is 22.6. The Morgan fingerprint density at radius 3 is 1.97 bits per heavy atom. The molecule has 1 saturated heterocycles. The Labute approximate surface area is 219 Å². The Balaban J connectivity index is 1.64. The van der Waals surface area contributed by atoms with Crippen LogP contribution in [0.4, 0.5) is 0 Å². The summed E-state index contributed by atoms with van der Waals surface area (Å²) < 4.78 is 0. The van der Waals surface area contributed by atoms with Gasteiger partial charge in [0, 0.05) is 41.3 Å². The molecule has 3 N–H and O–H groups in total. The van der Waals surface area contributed by atoms with Gasteiger partial charge in [-0.15, -0.1) is 0 Å². The molecule has 1 aliphatic carbocycles. The zero-order valence-electron chi connectivity index (χ0n) is 19.1. The number of carbonyl (C=O) groups excluding carboxylic acids is 3. The molecule has 4 rings (SSSR count). The van der Waals surface area contributed by atoms with Crippen LogP contribution in [-0.4, -0.2) is 58.9 Å². The summed E-state index contributed by atoms with van der Waals surface area (Å²) in [5.41, 5.74) is 6.69. The molecule has 2 aromatic rings. The largest absolute Gasteiger partial charge is 0.350 e. The number of carbonyl (C=O) groups is 3. The van der Waals surface area contributed by atoms with Crippen LogP contribution < -0.4 is 11.1 Å². The minimum absolute atomic E-state index is 0.0568. The van der Waals surface area contributed by atoms with Crippen molar-refractivity contribution in [2.24, 2.45) is 5.73 Å². The maximum Gasteiger partial charge on any atom is 0.264 e. The van der Waals surface area contributed by atoms with Gasteiger partial charge in [0.25, 0.3) is 17.7 Å². The third kappa shape index (κ3) is 5.92. The Bertz CT molecular complexity index is 1100. The van der Waals surface area contributed by atoms with Crippen LogP contribution in [0.25, 0.3) is 0 Å². The molecule has 1 atom stereocenters. The lowest BCUT2D eigenvalue weighted by molar-refractivity contribution is -0.133. The van der Waals surface area contributed by atoms with E-state index in [4.69, 9.17) is 40.5 Å². The highest BCUT2D eigenvalue weighted by molar-refractivity contribution is 6.42. The number of nitrogens with one attached hydrogen (secondary N) is 1. The molecular formula is C25H27Cl3N4O3. The Morgan fingerprint density at radius 2 is 1.37 bits per heavy atom. The average Bonchev–Trinajstić information content (AvgIpc) is 2.86. The maximum atomic E-state index is 13.6. The summed E-state index contributed by atoms with van der Waals surface area (Å²) >= 11 is 18.1. The molecule has 186 valence electrons. The van der Waals surface area contributed by atoms with E-state index in [9.17, 15) is 14.4 Å². The van der Waals surface area contributed by atoms with Crippen molar-refractivity contribution in [1.82, 2.24) is 15.1 Å². The van der Waals surface area contributed by atoms with Gasteiger partial charge in [0.2, 0.25) is 0 Å². The number of nitrogens with two attached hydrogens (primary N) is 1. The molecule has 7 nitrogen and oxygen atoms in total. The van der Waals surface area contributed by atoms with E-state index in [1.165, 1.54) is 21.9 Å². The van der Waals surface area contributed by atoms with Crippen LogP contribution in [0.5, 0.6) is 0 Å². The van der Waals surface area contributed by atoms with E-state index in [-0.39, 0.29) is 28.9 Å². The molecule has 2 aliphatic rings. The molecule has 35 heavy (non-hydrogen) atoms. The Hall–Kier alpha value is -2.32. The fourth-order valence-electron chi connectivity index (χ4n) is 4.63. The molecule has 0 radical (unpaired) electrons. The molecule has 1 aliphatic heterocycles. The lowest BCUT2D eigenvalue weighted by Crippen LogP contribution is -2.64. The Kier molecular flexibility index (Phi) is 8.22. The van der Waals surface area contributed by atoms with Crippen LogP contribution in [0.2, 0.25) is 15.1 Å². The zero-order chi connectivity index (χ0) is 25.1. The summed E-state index contributed by atoms with van der Waals surface area (Å²) in [6, 6.07) is 11.1. The third-order valence-electron chi connectivity index (χ3n) is 6.52. The van der Waals surface area contributed by atoms with Crippen molar-refractivity contribution >= 4 is 52.5 Å². The van der Waals surface area contributed by atoms with Gasteiger partial charge in [-0.05, 0) is 74.6 Å². The van der Waals surface area contributed by atoms with Crippen LogP contribution in [0.15, 0.2) is 42.5 Å². The van der Waals surface area contributed by atoms with E-state index in [0.717, 1.165) is 25.7 Å². The van der Waals surface area contributed by atoms with E-state index in [1.54, 1.807) is 30.3 Å². The molecule has 2 fully saturated rings. The molecular weight excluding hydrogens is 511 g/mol. The van der Waals surface area contributed by atoms with Gasteiger partial charge in [0.1, 0.15) is 0 Å². The predicted molar refractivity (Wildman–Crippen MR) is 137 cm³/mol. The van der Waals surface area contributed by atoms with E-state index < -0.39 is 12.1 Å². The van der Waals surface area contributed by atoms with Crippen molar-refractivity contribution in [3.05, 3.63) is 68.7 Å². The first kappa shape index (κ1) is 25.8. The second kappa shape index (κ2) is 11.2. The van der Waals surface area contributed by atoms with Crippen molar-refractivity contribution in [2.45, 2.75) is 50.4 Å². The van der Waals surface area contributed by atoms with E-state index in [2.05, 4.69) is 5.32 Å². The van der Waals surface area contributed by atoms with Gasteiger partial charge in [-0.2, -0.15) is 0 Å². The van der Waals surface area contributed by atoms with Crippen molar-refractivity contribution in [1.29, 1.82) is 0 Å². The topological polar surface area (TPSA) is 95.7 Å². The minimum atomic E-state index is -1.11. The summed E-state index contributed by atoms with van der Waals surface area (Å²) in [5, 5.41) is 4.13.